The maximum atomic E-state index is 12.4. The lowest BCUT2D eigenvalue weighted by atomic mass is 9.77. The van der Waals surface area contributed by atoms with Gasteiger partial charge in [0.2, 0.25) is 0 Å². The van der Waals surface area contributed by atoms with Gasteiger partial charge in [-0.05, 0) is 37.2 Å². The first kappa shape index (κ1) is 14.6. The van der Waals surface area contributed by atoms with Crippen LogP contribution in [0.25, 0.3) is 0 Å². The van der Waals surface area contributed by atoms with Crippen molar-refractivity contribution < 1.29 is 8.42 Å². The van der Waals surface area contributed by atoms with Crippen LogP contribution in [0, 0.1) is 5.41 Å². The minimum absolute atomic E-state index is 0.131. The van der Waals surface area contributed by atoms with Crippen LogP contribution in [0.1, 0.15) is 45.2 Å². The van der Waals surface area contributed by atoms with Crippen LogP contribution in [0.5, 0.6) is 0 Å². The van der Waals surface area contributed by atoms with Crippen molar-refractivity contribution in [3.63, 3.8) is 0 Å². The molecule has 1 aromatic rings. The predicted molar refractivity (Wildman–Crippen MR) is 76.7 cm³/mol. The van der Waals surface area contributed by atoms with Crippen LogP contribution >= 0.6 is 0 Å². The number of aromatic nitrogens is 2. The van der Waals surface area contributed by atoms with Gasteiger partial charge in [-0.2, -0.15) is 5.10 Å². The fourth-order valence-corrected chi connectivity index (χ4v) is 4.57. The van der Waals surface area contributed by atoms with Crippen molar-refractivity contribution >= 4 is 9.84 Å². The van der Waals surface area contributed by atoms with Gasteiger partial charge in [0.05, 0.1) is 11.0 Å². The number of hydrogen-bond acceptors (Lipinski definition) is 3. The smallest absolute Gasteiger partial charge is 0.153 e. The second-order valence-electron chi connectivity index (χ2n) is 6.43. The number of sulfone groups is 1. The lowest BCUT2D eigenvalue weighted by Crippen LogP contribution is -2.32. The summed E-state index contributed by atoms with van der Waals surface area (Å²) in [5.74, 6) is 0.248. The molecular formula is C14H24N2O2S. The highest BCUT2D eigenvalue weighted by Crippen LogP contribution is 2.37. The molecule has 2 rings (SSSR count). The summed E-state index contributed by atoms with van der Waals surface area (Å²) in [5.41, 5.74) is 1.30. The van der Waals surface area contributed by atoms with Crippen LogP contribution < -0.4 is 0 Å². The fraction of sp³-hybridized carbons (Fsp3) is 0.786. The van der Waals surface area contributed by atoms with E-state index in [9.17, 15) is 8.42 Å². The zero-order chi connectivity index (χ0) is 14.1. The van der Waals surface area contributed by atoms with Crippen molar-refractivity contribution in [2.45, 2.75) is 51.2 Å². The topological polar surface area (TPSA) is 52.0 Å². The quantitative estimate of drug-likeness (QED) is 0.853. The van der Waals surface area contributed by atoms with Crippen LogP contribution in [-0.2, 0) is 23.3 Å². The van der Waals surface area contributed by atoms with E-state index in [1.807, 2.05) is 13.1 Å². The summed E-state index contributed by atoms with van der Waals surface area (Å²) in [7, 11) is -1.12. The Labute approximate surface area is 116 Å². The van der Waals surface area contributed by atoms with Gasteiger partial charge >= 0.3 is 0 Å². The lowest BCUT2D eigenvalue weighted by molar-refractivity contribution is 0.246. The standard InChI is InChI=1S/C14H24N2O2S/c1-14(2)8-4-13(5-9-14)19(17,18)11-7-12-6-10-15-16(12)3/h6,10,13H,4-5,7-9,11H2,1-3H3. The van der Waals surface area contributed by atoms with E-state index in [4.69, 9.17) is 0 Å². The minimum atomic E-state index is -2.97. The molecule has 0 spiro atoms. The van der Waals surface area contributed by atoms with Crippen LogP contribution in [-0.4, -0.2) is 29.2 Å². The molecule has 19 heavy (non-hydrogen) atoms. The SMILES string of the molecule is Cn1nccc1CCS(=O)(=O)C1CCC(C)(C)CC1. The van der Waals surface area contributed by atoms with E-state index in [2.05, 4.69) is 18.9 Å². The fourth-order valence-electron chi connectivity index (χ4n) is 2.79. The van der Waals surface area contributed by atoms with E-state index in [0.717, 1.165) is 31.4 Å². The van der Waals surface area contributed by atoms with Gasteiger partial charge in [-0.25, -0.2) is 8.42 Å². The van der Waals surface area contributed by atoms with Gasteiger partial charge in [0.1, 0.15) is 0 Å². The first-order valence-electron chi connectivity index (χ1n) is 6.99. The Morgan fingerprint density at radius 3 is 2.53 bits per heavy atom. The van der Waals surface area contributed by atoms with Gasteiger partial charge in [0.25, 0.3) is 0 Å². The molecule has 0 amide bonds. The third-order valence-corrected chi connectivity index (χ3v) is 6.62. The monoisotopic (exact) mass is 284 g/mol. The second-order valence-corrected chi connectivity index (χ2v) is 8.83. The molecule has 0 saturated heterocycles. The molecule has 1 fully saturated rings. The molecule has 1 aliphatic rings. The maximum absolute atomic E-state index is 12.4. The Balaban J connectivity index is 1.94. The zero-order valence-electron chi connectivity index (χ0n) is 12.1. The molecule has 0 atom stereocenters. The summed E-state index contributed by atoms with van der Waals surface area (Å²) in [4.78, 5) is 0. The minimum Gasteiger partial charge on any atom is -0.273 e. The van der Waals surface area contributed by atoms with E-state index < -0.39 is 9.84 Å². The molecule has 0 aliphatic heterocycles. The van der Waals surface area contributed by atoms with Crippen molar-refractivity contribution in [3.05, 3.63) is 18.0 Å². The van der Waals surface area contributed by atoms with Crippen LogP contribution in [0.15, 0.2) is 12.3 Å². The van der Waals surface area contributed by atoms with Gasteiger partial charge in [-0.15, -0.1) is 0 Å². The van der Waals surface area contributed by atoms with Crippen LogP contribution in [0.3, 0.4) is 0 Å². The Morgan fingerprint density at radius 2 is 2.00 bits per heavy atom. The molecule has 0 radical (unpaired) electrons. The van der Waals surface area contributed by atoms with E-state index >= 15 is 0 Å². The van der Waals surface area contributed by atoms with Crippen molar-refractivity contribution in [3.8, 4) is 0 Å². The van der Waals surface area contributed by atoms with Crippen molar-refractivity contribution in [1.29, 1.82) is 0 Å². The molecule has 0 unspecified atom stereocenters. The molecule has 0 N–H and O–H groups in total. The molecule has 1 aromatic heterocycles. The highest BCUT2D eigenvalue weighted by atomic mass is 32.2. The normalized spacial score (nSPS) is 20.6. The van der Waals surface area contributed by atoms with Crippen LogP contribution in [0.2, 0.25) is 0 Å². The Morgan fingerprint density at radius 1 is 1.37 bits per heavy atom. The molecule has 4 nitrogen and oxygen atoms in total. The lowest BCUT2D eigenvalue weighted by Gasteiger charge is -2.33. The molecule has 1 aliphatic carbocycles. The van der Waals surface area contributed by atoms with Gasteiger partial charge in [-0.1, -0.05) is 13.8 Å². The third-order valence-electron chi connectivity index (χ3n) is 4.36. The number of rotatable bonds is 4. The number of aryl methyl sites for hydroxylation is 2. The molecule has 0 bridgehead atoms. The van der Waals surface area contributed by atoms with Crippen molar-refractivity contribution in [2.75, 3.05) is 5.75 Å². The molecule has 1 saturated carbocycles. The largest absolute Gasteiger partial charge is 0.273 e. The van der Waals surface area contributed by atoms with Gasteiger partial charge in [0, 0.05) is 25.4 Å². The molecular weight excluding hydrogens is 260 g/mol. The second kappa shape index (κ2) is 5.27. The first-order chi connectivity index (χ1) is 8.80. The highest BCUT2D eigenvalue weighted by molar-refractivity contribution is 7.92. The Kier molecular flexibility index (Phi) is 4.04. The molecule has 5 heteroatoms. The van der Waals surface area contributed by atoms with Crippen LogP contribution in [0.4, 0.5) is 0 Å². The Hall–Kier alpha value is -0.840. The molecule has 108 valence electrons. The van der Waals surface area contributed by atoms with Crippen molar-refractivity contribution in [2.24, 2.45) is 12.5 Å². The Bertz CT molecular complexity index is 521. The van der Waals surface area contributed by atoms with Gasteiger partial charge in [-0.3, -0.25) is 4.68 Å². The van der Waals surface area contributed by atoms with Crippen molar-refractivity contribution in [1.82, 2.24) is 9.78 Å². The average molecular weight is 284 g/mol. The number of hydrogen-bond donors (Lipinski definition) is 0. The van der Waals surface area contributed by atoms with E-state index in [1.165, 1.54) is 0 Å². The van der Waals surface area contributed by atoms with E-state index in [1.54, 1.807) is 10.9 Å². The third kappa shape index (κ3) is 3.59. The van der Waals surface area contributed by atoms with E-state index in [0.29, 0.717) is 11.8 Å². The first-order valence-corrected chi connectivity index (χ1v) is 8.70. The molecule has 0 aromatic carbocycles. The van der Waals surface area contributed by atoms with E-state index in [-0.39, 0.29) is 11.0 Å². The zero-order valence-corrected chi connectivity index (χ0v) is 12.9. The maximum Gasteiger partial charge on any atom is 0.153 e. The summed E-state index contributed by atoms with van der Waals surface area (Å²) in [6.45, 7) is 4.46. The van der Waals surface area contributed by atoms with Gasteiger partial charge in [0.15, 0.2) is 9.84 Å². The summed E-state index contributed by atoms with van der Waals surface area (Å²) in [6.07, 6.45) is 5.95. The van der Waals surface area contributed by atoms with Gasteiger partial charge < -0.3 is 0 Å². The summed E-state index contributed by atoms with van der Waals surface area (Å²) in [6, 6.07) is 1.89. The summed E-state index contributed by atoms with van der Waals surface area (Å²) >= 11 is 0. The average Bonchev–Trinajstić information content (AvgIpc) is 2.72. The summed E-state index contributed by atoms with van der Waals surface area (Å²) in [5, 5.41) is 3.94. The summed E-state index contributed by atoms with van der Waals surface area (Å²) < 4.78 is 26.5. The number of nitrogens with zero attached hydrogens (tertiary/aromatic N) is 2. The highest BCUT2D eigenvalue weighted by Gasteiger charge is 2.33. The molecule has 1 heterocycles. The predicted octanol–water partition coefficient (Wildman–Crippen LogP) is 2.35.